The number of carbonyl (C=O) groups excluding carboxylic acids is 1. The molecule has 1 saturated heterocycles. The number of aliphatic hydroxyl groups is 1. The minimum absolute atomic E-state index is 0.0170. The first-order valence-corrected chi connectivity index (χ1v) is 9.11. The number of amides is 1. The highest BCUT2D eigenvalue weighted by molar-refractivity contribution is 5.96. The van der Waals surface area contributed by atoms with Gasteiger partial charge in [-0.25, -0.2) is 0 Å². The number of nitrogens with one attached hydrogen (secondary N) is 1. The Hall–Kier alpha value is -1.43. The lowest BCUT2D eigenvalue weighted by molar-refractivity contribution is 0.0309. The average molecular weight is 348 g/mol. The summed E-state index contributed by atoms with van der Waals surface area (Å²) in [6.07, 6.45) is 1.36. The molecule has 1 aromatic carbocycles. The molecule has 1 aliphatic heterocycles. The van der Waals surface area contributed by atoms with Crippen molar-refractivity contribution in [3.63, 3.8) is 0 Å². The van der Waals surface area contributed by atoms with Gasteiger partial charge in [0.2, 0.25) is 0 Å². The number of methoxy groups -OCH3 is 1. The molecule has 140 valence electrons. The molecule has 1 aliphatic rings. The number of rotatable bonds is 6. The van der Waals surface area contributed by atoms with Gasteiger partial charge in [0.25, 0.3) is 5.91 Å². The van der Waals surface area contributed by atoms with Crippen LogP contribution < -0.4 is 5.32 Å². The number of hydrogen-bond donors (Lipinski definition) is 2. The van der Waals surface area contributed by atoms with Crippen molar-refractivity contribution in [1.29, 1.82) is 0 Å². The summed E-state index contributed by atoms with van der Waals surface area (Å²) in [5, 5.41) is 13.0. The van der Waals surface area contributed by atoms with E-state index in [1.54, 1.807) is 7.11 Å². The number of nitrogens with zero attached hydrogens (tertiary/aromatic N) is 1. The van der Waals surface area contributed by atoms with Crippen LogP contribution in [0.5, 0.6) is 0 Å². The van der Waals surface area contributed by atoms with E-state index in [2.05, 4.69) is 31.0 Å². The lowest BCUT2D eigenvalue weighted by atomic mass is 9.83. The number of likely N-dealkylation sites (tertiary alicyclic amines) is 1. The molecule has 0 bridgehead atoms. The lowest BCUT2D eigenvalue weighted by Crippen LogP contribution is -2.47. The highest BCUT2D eigenvalue weighted by Crippen LogP contribution is 2.26. The molecule has 0 saturated carbocycles. The van der Waals surface area contributed by atoms with E-state index in [1.165, 1.54) is 0 Å². The van der Waals surface area contributed by atoms with Gasteiger partial charge >= 0.3 is 0 Å². The molecular weight excluding hydrogens is 316 g/mol. The van der Waals surface area contributed by atoms with Crippen LogP contribution in [0.2, 0.25) is 0 Å². The van der Waals surface area contributed by atoms with E-state index in [1.807, 2.05) is 24.3 Å². The molecule has 2 rings (SSSR count). The predicted molar refractivity (Wildman–Crippen MR) is 100.0 cm³/mol. The Bertz CT molecular complexity index is 560. The van der Waals surface area contributed by atoms with Gasteiger partial charge in [0, 0.05) is 38.3 Å². The maximum Gasteiger partial charge on any atom is 0.251 e. The van der Waals surface area contributed by atoms with Gasteiger partial charge in [-0.3, -0.25) is 4.79 Å². The molecule has 1 atom stereocenters. The number of β-amino-alcohol motifs (C(OH)–C–C–N with tert-alkyl or cyclic N) is 1. The fraction of sp³-hybridized carbons (Fsp3) is 0.650. The number of benzene rings is 1. The monoisotopic (exact) mass is 348 g/mol. The van der Waals surface area contributed by atoms with E-state index < -0.39 is 6.10 Å². The largest absolute Gasteiger partial charge is 0.389 e. The lowest BCUT2D eigenvalue weighted by Gasteiger charge is -2.33. The Morgan fingerprint density at radius 2 is 1.96 bits per heavy atom. The maximum absolute atomic E-state index is 12.7. The molecule has 2 N–H and O–H groups in total. The second-order valence-electron chi connectivity index (χ2n) is 7.95. The molecule has 1 aromatic rings. The third kappa shape index (κ3) is 5.80. The first kappa shape index (κ1) is 19.9. The number of hydrogen-bond acceptors (Lipinski definition) is 4. The van der Waals surface area contributed by atoms with Crippen LogP contribution in [0.1, 0.15) is 49.5 Å². The molecule has 1 unspecified atom stereocenters. The zero-order chi connectivity index (χ0) is 18.4. The van der Waals surface area contributed by atoms with E-state index in [0.717, 1.165) is 37.1 Å². The molecule has 1 heterocycles. The van der Waals surface area contributed by atoms with Crippen LogP contribution in [-0.4, -0.2) is 61.4 Å². The molecule has 0 aromatic heterocycles. The zero-order valence-electron chi connectivity index (χ0n) is 15.9. The summed E-state index contributed by atoms with van der Waals surface area (Å²) in [5.41, 5.74) is 1.79. The first-order valence-electron chi connectivity index (χ1n) is 9.11. The standard InChI is InChI=1S/C20H32N2O3/c1-20(2,3)18-8-6-5-7-17(18)19(24)21-15-9-11-22(12-10-15)13-16(23)14-25-4/h5-8,15-16,23H,9-14H2,1-4H3,(H,21,24). The third-order valence-corrected chi connectivity index (χ3v) is 4.73. The van der Waals surface area contributed by atoms with E-state index in [0.29, 0.717) is 13.2 Å². The minimum atomic E-state index is -0.449. The summed E-state index contributed by atoms with van der Waals surface area (Å²) in [7, 11) is 1.60. The van der Waals surface area contributed by atoms with E-state index in [4.69, 9.17) is 4.74 Å². The Balaban J connectivity index is 1.89. The molecule has 0 aliphatic carbocycles. The summed E-state index contributed by atoms with van der Waals surface area (Å²) >= 11 is 0. The number of aliphatic hydroxyl groups excluding tert-OH is 1. The van der Waals surface area contributed by atoms with E-state index in [9.17, 15) is 9.90 Å². The number of piperidine rings is 1. The Morgan fingerprint density at radius 1 is 1.32 bits per heavy atom. The molecule has 1 fully saturated rings. The van der Waals surface area contributed by atoms with Crippen LogP contribution in [0.25, 0.3) is 0 Å². The molecular formula is C20H32N2O3. The molecule has 0 radical (unpaired) electrons. The van der Waals surface area contributed by atoms with Crippen LogP contribution in [0.15, 0.2) is 24.3 Å². The van der Waals surface area contributed by atoms with Gasteiger partial charge in [-0.05, 0) is 29.9 Å². The van der Waals surface area contributed by atoms with Crippen LogP contribution in [0.3, 0.4) is 0 Å². The Kier molecular flexibility index (Phi) is 6.99. The molecule has 5 heteroatoms. The quantitative estimate of drug-likeness (QED) is 0.827. The SMILES string of the molecule is COCC(O)CN1CCC(NC(=O)c2ccccc2C(C)(C)C)CC1. The van der Waals surface area contributed by atoms with Crippen molar-refractivity contribution >= 4 is 5.91 Å². The van der Waals surface area contributed by atoms with E-state index in [-0.39, 0.29) is 17.4 Å². The number of carbonyl (C=O) groups is 1. The molecule has 1 amide bonds. The predicted octanol–water partition coefficient (Wildman–Crippen LogP) is 2.19. The summed E-state index contributed by atoms with van der Waals surface area (Å²) in [5.74, 6) is 0.0170. The smallest absolute Gasteiger partial charge is 0.251 e. The topological polar surface area (TPSA) is 61.8 Å². The highest BCUT2D eigenvalue weighted by Gasteiger charge is 2.25. The van der Waals surface area contributed by atoms with Crippen molar-refractivity contribution < 1.29 is 14.6 Å². The fourth-order valence-electron chi connectivity index (χ4n) is 3.40. The minimum Gasteiger partial charge on any atom is -0.389 e. The second kappa shape index (κ2) is 8.79. The van der Waals surface area contributed by atoms with Crippen molar-refractivity contribution in [3.8, 4) is 0 Å². The summed E-state index contributed by atoms with van der Waals surface area (Å²) in [6, 6.07) is 8.04. The summed E-state index contributed by atoms with van der Waals surface area (Å²) in [6.45, 7) is 9.13. The van der Waals surface area contributed by atoms with Gasteiger partial charge < -0.3 is 20.1 Å². The van der Waals surface area contributed by atoms with Gasteiger partial charge in [0.15, 0.2) is 0 Å². The van der Waals surface area contributed by atoms with Crippen molar-refractivity contribution in [1.82, 2.24) is 10.2 Å². The van der Waals surface area contributed by atoms with Gasteiger partial charge in [0.1, 0.15) is 0 Å². The molecule has 5 nitrogen and oxygen atoms in total. The maximum atomic E-state index is 12.7. The molecule has 0 spiro atoms. The van der Waals surface area contributed by atoms with E-state index >= 15 is 0 Å². The van der Waals surface area contributed by atoms with Crippen LogP contribution >= 0.6 is 0 Å². The van der Waals surface area contributed by atoms with Gasteiger partial charge in [0.05, 0.1) is 12.7 Å². The van der Waals surface area contributed by atoms with Crippen molar-refractivity contribution in [2.45, 2.75) is 51.2 Å². The Morgan fingerprint density at radius 3 is 2.56 bits per heavy atom. The van der Waals surface area contributed by atoms with Crippen molar-refractivity contribution in [2.24, 2.45) is 0 Å². The summed E-state index contributed by atoms with van der Waals surface area (Å²) in [4.78, 5) is 15.0. The molecule has 25 heavy (non-hydrogen) atoms. The zero-order valence-corrected chi connectivity index (χ0v) is 15.9. The highest BCUT2D eigenvalue weighted by atomic mass is 16.5. The first-order chi connectivity index (χ1) is 11.8. The van der Waals surface area contributed by atoms with Crippen molar-refractivity contribution in [2.75, 3.05) is 33.4 Å². The summed E-state index contributed by atoms with van der Waals surface area (Å²) < 4.78 is 4.97. The third-order valence-electron chi connectivity index (χ3n) is 4.73. The van der Waals surface area contributed by atoms with Gasteiger partial charge in [-0.2, -0.15) is 0 Å². The fourth-order valence-corrected chi connectivity index (χ4v) is 3.40. The average Bonchev–Trinajstić information content (AvgIpc) is 2.56. The van der Waals surface area contributed by atoms with Crippen LogP contribution in [0.4, 0.5) is 0 Å². The van der Waals surface area contributed by atoms with Crippen LogP contribution in [-0.2, 0) is 10.2 Å². The van der Waals surface area contributed by atoms with Crippen LogP contribution in [0, 0.1) is 0 Å². The van der Waals surface area contributed by atoms with Crippen molar-refractivity contribution in [3.05, 3.63) is 35.4 Å². The second-order valence-corrected chi connectivity index (χ2v) is 7.95. The normalized spacial score (nSPS) is 18.1. The Labute approximate surface area is 151 Å². The van der Waals surface area contributed by atoms with Gasteiger partial charge in [-0.1, -0.05) is 39.0 Å². The van der Waals surface area contributed by atoms with Gasteiger partial charge in [-0.15, -0.1) is 0 Å². The number of ether oxygens (including phenoxy) is 1.